The Kier molecular flexibility index (Phi) is 8.20. The first-order chi connectivity index (χ1) is 15.5. The maximum absolute atomic E-state index is 13.6. The van der Waals surface area contributed by atoms with Gasteiger partial charge in [0.15, 0.2) is 0 Å². The Morgan fingerprint density at radius 1 is 1.00 bits per heavy atom. The molecule has 0 fully saturated rings. The van der Waals surface area contributed by atoms with Crippen LogP contribution in [0.3, 0.4) is 0 Å². The van der Waals surface area contributed by atoms with Crippen LogP contribution in [0.25, 0.3) is 16.6 Å². The monoisotopic (exact) mass is 433 g/mol. The van der Waals surface area contributed by atoms with E-state index >= 15 is 0 Å². The van der Waals surface area contributed by atoms with E-state index in [1.807, 2.05) is 67.3 Å². The minimum Gasteiger partial charge on any atom is -0.333 e. The second kappa shape index (κ2) is 11.1. The maximum Gasteiger partial charge on any atom is 0.266 e. The first-order valence-corrected chi connectivity index (χ1v) is 11.9. The molecule has 3 aromatic rings. The van der Waals surface area contributed by atoms with Gasteiger partial charge < -0.3 is 4.90 Å². The molecule has 1 heterocycles. The second-order valence-corrected chi connectivity index (χ2v) is 8.49. The number of benzene rings is 2. The average molecular weight is 434 g/mol. The van der Waals surface area contributed by atoms with Crippen molar-refractivity contribution in [3.63, 3.8) is 0 Å². The van der Waals surface area contributed by atoms with Crippen molar-refractivity contribution in [2.75, 3.05) is 6.54 Å². The zero-order valence-corrected chi connectivity index (χ0v) is 19.8. The predicted molar refractivity (Wildman–Crippen MR) is 131 cm³/mol. The molecule has 1 atom stereocenters. The van der Waals surface area contributed by atoms with Crippen LogP contribution in [0.2, 0.25) is 0 Å². The minimum absolute atomic E-state index is 0.0966. The lowest BCUT2D eigenvalue weighted by Gasteiger charge is -2.31. The number of hydrogen-bond acceptors (Lipinski definition) is 3. The number of rotatable bonds is 10. The number of aryl methyl sites for hydroxylation is 1. The van der Waals surface area contributed by atoms with Gasteiger partial charge in [0.25, 0.3) is 5.56 Å². The molecule has 2 aromatic carbocycles. The van der Waals surface area contributed by atoms with Crippen LogP contribution < -0.4 is 5.56 Å². The van der Waals surface area contributed by atoms with Gasteiger partial charge in [-0.2, -0.15) is 0 Å². The van der Waals surface area contributed by atoms with Crippen LogP contribution >= 0.6 is 0 Å². The van der Waals surface area contributed by atoms with Gasteiger partial charge in [0, 0.05) is 13.0 Å². The molecule has 0 saturated heterocycles. The second-order valence-electron chi connectivity index (χ2n) is 8.49. The Labute approximate surface area is 191 Å². The van der Waals surface area contributed by atoms with Crippen LogP contribution in [-0.2, 0) is 4.79 Å². The number of unbranched alkanes of at least 4 members (excludes halogenated alkanes) is 3. The summed E-state index contributed by atoms with van der Waals surface area (Å²) in [7, 11) is 0. The van der Waals surface area contributed by atoms with Crippen molar-refractivity contribution in [2.24, 2.45) is 0 Å². The molecule has 0 unspecified atom stereocenters. The Morgan fingerprint density at radius 2 is 1.69 bits per heavy atom. The SMILES string of the molecule is CCCCCC(=O)N(CCCC)[C@@H](C)c1nc2ccccc2c(=O)n1-c1ccccc1C. The molecule has 0 N–H and O–H groups in total. The number of amides is 1. The van der Waals surface area contributed by atoms with Crippen LogP contribution in [0, 0.1) is 6.92 Å². The summed E-state index contributed by atoms with van der Waals surface area (Å²) >= 11 is 0. The molecule has 0 spiro atoms. The van der Waals surface area contributed by atoms with E-state index in [0.717, 1.165) is 43.4 Å². The third-order valence-corrected chi connectivity index (χ3v) is 6.07. The van der Waals surface area contributed by atoms with E-state index in [0.29, 0.717) is 29.7 Å². The third kappa shape index (κ3) is 5.09. The average Bonchev–Trinajstić information content (AvgIpc) is 2.80. The number of para-hydroxylation sites is 2. The van der Waals surface area contributed by atoms with E-state index in [9.17, 15) is 9.59 Å². The van der Waals surface area contributed by atoms with E-state index in [-0.39, 0.29) is 17.5 Å². The maximum atomic E-state index is 13.6. The zero-order valence-electron chi connectivity index (χ0n) is 19.8. The summed E-state index contributed by atoms with van der Waals surface area (Å²) in [6.07, 6.45) is 5.47. The molecule has 0 saturated carbocycles. The van der Waals surface area contributed by atoms with Gasteiger partial charge in [0.05, 0.1) is 22.6 Å². The van der Waals surface area contributed by atoms with Gasteiger partial charge in [-0.1, -0.05) is 63.4 Å². The lowest BCUT2D eigenvalue weighted by molar-refractivity contribution is -0.133. The summed E-state index contributed by atoms with van der Waals surface area (Å²) in [5.41, 5.74) is 2.37. The molecule has 0 bridgehead atoms. The number of carbonyl (C=O) groups excluding carboxylic acids is 1. The van der Waals surface area contributed by atoms with Gasteiger partial charge in [-0.05, 0) is 50.5 Å². The van der Waals surface area contributed by atoms with Crippen LogP contribution in [0.15, 0.2) is 53.3 Å². The topological polar surface area (TPSA) is 55.2 Å². The van der Waals surface area contributed by atoms with Gasteiger partial charge in [-0.15, -0.1) is 0 Å². The summed E-state index contributed by atoms with van der Waals surface area (Å²) in [6.45, 7) is 8.93. The number of aromatic nitrogens is 2. The Hall–Kier alpha value is -2.95. The fourth-order valence-electron chi connectivity index (χ4n) is 4.15. The predicted octanol–water partition coefficient (Wildman–Crippen LogP) is 5.96. The van der Waals surface area contributed by atoms with E-state index in [1.165, 1.54) is 0 Å². The molecular formula is C27H35N3O2. The van der Waals surface area contributed by atoms with E-state index in [2.05, 4.69) is 13.8 Å². The van der Waals surface area contributed by atoms with Crippen LogP contribution in [0.1, 0.15) is 76.7 Å². The molecule has 32 heavy (non-hydrogen) atoms. The van der Waals surface area contributed by atoms with Gasteiger partial charge in [0.1, 0.15) is 5.82 Å². The fourth-order valence-corrected chi connectivity index (χ4v) is 4.15. The standard InChI is InChI=1S/C27H35N3O2/c1-5-7-9-18-25(31)29(19-8-6-2)21(4)26-28-23-16-12-11-15-22(23)27(32)30(26)24-17-13-10-14-20(24)3/h10-17,21H,5-9,18-19H2,1-4H3/t21-/m0/s1. The normalized spacial score (nSPS) is 12.1. The summed E-state index contributed by atoms with van der Waals surface area (Å²) in [4.78, 5) is 33.7. The van der Waals surface area contributed by atoms with Crippen LogP contribution in [0.5, 0.6) is 0 Å². The van der Waals surface area contributed by atoms with Gasteiger partial charge >= 0.3 is 0 Å². The molecular weight excluding hydrogens is 398 g/mol. The molecule has 0 radical (unpaired) electrons. The highest BCUT2D eigenvalue weighted by Gasteiger charge is 2.26. The smallest absolute Gasteiger partial charge is 0.266 e. The molecule has 1 aromatic heterocycles. The van der Waals surface area contributed by atoms with Crippen molar-refractivity contribution in [1.29, 1.82) is 0 Å². The fraction of sp³-hybridized carbons (Fsp3) is 0.444. The highest BCUT2D eigenvalue weighted by Crippen LogP contribution is 2.25. The van der Waals surface area contributed by atoms with Crippen molar-refractivity contribution in [3.8, 4) is 5.69 Å². The van der Waals surface area contributed by atoms with Crippen molar-refractivity contribution in [2.45, 2.75) is 72.3 Å². The van der Waals surface area contributed by atoms with Crippen molar-refractivity contribution < 1.29 is 4.79 Å². The summed E-state index contributed by atoms with van der Waals surface area (Å²) in [6, 6.07) is 15.0. The van der Waals surface area contributed by atoms with E-state index in [1.54, 1.807) is 4.57 Å². The Balaban J connectivity index is 2.16. The first kappa shape index (κ1) is 23.7. The summed E-state index contributed by atoms with van der Waals surface area (Å²) in [5.74, 6) is 0.751. The lowest BCUT2D eigenvalue weighted by Crippen LogP contribution is -2.38. The number of fused-ring (bicyclic) bond motifs is 1. The van der Waals surface area contributed by atoms with Gasteiger partial charge in [-0.3, -0.25) is 14.2 Å². The van der Waals surface area contributed by atoms with Crippen molar-refractivity contribution in [1.82, 2.24) is 14.5 Å². The Bertz CT molecular complexity index is 1120. The van der Waals surface area contributed by atoms with Crippen LogP contribution in [-0.4, -0.2) is 26.9 Å². The van der Waals surface area contributed by atoms with Crippen molar-refractivity contribution in [3.05, 3.63) is 70.3 Å². The third-order valence-electron chi connectivity index (χ3n) is 6.07. The molecule has 170 valence electrons. The van der Waals surface area contributed by atoms with E-state index < -0.39 is 0 Å². The quantitative estimate of drug-likeness (QED) is 0.370. The van der Waals surface area contributed by atoms with E-state index in [4.69, 9.17) is 4.98 Å². The van der Waals surface area contributed by atoms with Gasteiger partial charge in [-0.25, -0.2) is 4.98 Å². The van der Waals surface area contributed by atoms with Crippen LogP contribution in [0.4, 0.5) is 0 Å². The summed E-state index contributed by atoms with van der Waals surface area (Å²) < 4.78 is 1.71. The Morgan fingerprint density at radius 3 is 2.41 bits per heavy atom. The number of hydrogen-bond donors (Lipinski definition) is 0. The lowest BCUT2D eigenvalue weighted by atomic mass is 10.1. The largest absolute Gasteiger partial charge is 0.333 e. The molecule has 5 heteroatoms. The highest BCUT2D eigenvalue weighted by molar-refractivity contribution is 5.79. The molecule has 5 nitrogen and oxygen atoms in total. The minimum atomic E-state index is -0.312. The van der Waals surface area contributed by atoms with Gasteiger partial charge in [0.2, 0.25) is 5.91 Å². The highest BCUT2D eigenvalue weighted by atomic mass is 16.2. The molecule has 1 amide bonds. The summed E-state index contributed by atoms with van der Waals surface area (Å²) in [5, 5.41) is 0.584. The first-order valence-electron chi connectivity index (χ1n) is 11.9. The molecule has 0 aliphatic rings. The zero-order chi connectivity index (χ0) is 23.1. The number of carbonyl (C=O) groups is 1. The number of nitrogens with zero attached hydrogens (tertiary/aromatic N) is 3. The molecule has 0 aliphatic heterocycles. The molecule has 0 aliphatic carbocycles. The molecule has 3 rings (SSSR count). The van der Waals surface area contributed by atoms with Crippen molar-refractivity contribution >= 4 is 16.8 Å².